The monoisotopic (exact) mass is 637 g/mol. The van der Waals surface area contributed by atoms with E-state index < -0.39 is 16.4 Å². The van der Waals surface area contributed by atoms with Crippen LogP contribution in [0.3, 0.4) is 0 Å². The van der Waals surface area contributed by atoms with Crippen molar-refractivity contribution >= 4 is 84.3 Å². The van der Waals surface area contributed by atoms with Crippen LogP contribution in [0.4, 0.5) is 0 Å². The minimum Gasteiger partial charge on any atom is -0.377 e. The molecule has 0 aliphatic carbocycles. The Balaban J connectivity index is 1.93. The minimum atomic E-state index is -2.56. The van der Waals surface area contributed by atoms with E-state index in [1.54, 1.807) is 45.6 Å². The Morgan fingerprint density at radius 2 is 1.36 bits per heavy atom. The Labute approximate surface area is 240 Å². The van der Waals surface area contributed by atoms with Crippen molar-refractivity contribution in [1.29, 1.82) is 0 Å². The lowest BCUT2D eigenvalue weighted by Crippen LogP contribution is -2.43. The zero-order chi connectivity index (χ0) is 27.0. The number of carbonyl (C=O) groups excluding carboxylic acids is 1. The minimum absolute atomic E-state index is 0.117. The summed E-state index contributed by atoms with van der Waals surface area (Å²) in [6.07, 6.45) is 0.814. The Bertz CT molecular complexity index is 963. The molecule has 16 heteroatoms. The number of aromatic nitrogens is 3. The summed E-state index contributed by atoms with van der Waals surface area (Å²) in [5.74, 6) is -0.528. The molecular weight excluding hydrogens is 615 g/mol. The molecule has 1 heterocycles. The van der Waals surface area contributed by atoms with Gasteiger partial charge in [-0.3, -0.25) is 4.79 Å². The highest BCUT2D eigenvalue weighted by molar-refractivity contribution is 6.67. The molecule has 200 valence electrons. The van der Waals surface area contributed by atoms with Crippen LogP contribution in [0.15, 0.2) is 24.3 Å². The van der Waals surface area contributed by atoms with Crippen molar-refractivity contribution in [1.82, 2.24) is 25.6 Å². The molecule has 0 saturated carbocycles. The number of carbonyl (C=O) groups is 1. The van der Waals surface area contributed by atoms with E-state index in [0.29, 0.717) is 30.3 Å². The first-order valence-corrected chi connectivity index (χ1v) is 14.7. The van der Waals surface area contributed by atoms with Crippen LogP contribution in [-0.4, -0.2) is 70.6 Å². The fourth-order valence-electron chi connectivity index (χ4n) is 3.01. The standard InChI is InChI=1S/C20H25Cl6N5O4Si/c1-33-36(34-2,35-3)12-4-9-27-10-11-28-16(32)14-7-5-13(6-8-14)15-29-17(19(21,22)23)31-18(30-15)20(24,25)26/h5-8,27H,4,9-12H2,1-3H3,(H,28,32). The molecule has 0 aliphatic heterocycles. The number of benzene rings is 1. The normalized spacial score (nSPS) is 12.6. The number of amides is 1. The summed E-state index contributed by atoms with van der Waals surface area (Å²) < 4.78 is 12.2. The molecule has 1 aromatic carbocycles. The largest absolute Gasteiger partial charge is 0.500 e. The van der Waals surface area contributed by atoms with Crippen LogP contribution in [0.2, 0.25) is 6.04 Å². The average Bonchev–Trinajstić information content (AvgIpc) is 2.85. The van der Waals surface area contributed by atoms with Gasteiger partial charge in [-0.05, 0) is 25.1 Å². The summed E-state index contributed by atoms with van der Waals surface area (Å²) in [5.41, 5.74) is 0.941. The molecule has 0 saturated heterocycles. The topological polar surface area (TPSA) is 107 Å². The molecule has 1 aromatic heterocycles. The third-order valence-electron chi connectivity index (χ3n) is 4.90. The molecule has 0 spiro atoms. The Morgan fingerprint density at radius 1 is 0.833 bits per heavy atom. The molecule has 1 amide bonds. The van der Waals surface area contributed by atoms with Crippen LogP contribution >= 0.6 is 69.6 Å². The van der Waals surface area contributed by atoms with E-state index in [4.69, 9.17) is 82.9 Å². The van der Waals surface area contributed by atoms with Gasteiger partial charge < -0.3 is 23.9 Å². The lowest BCUT2D eigenvalue weighted by Gasteiger charge is -2.24. The van der Waals surface area contributed by atoms with Crippen LogP contribution in [-0.2, 0) is 20.9 Å². The molecule has 9 nitrogen and oxygen atoms in total. The molecular formula is C20H25Cl6N5O4Si. The number of hydrogen-bond donors (Lipinski definition) is 2. The number of alkyl halides is 6. The Morgan fingerprint density at radius 3 is 1.83 bits per heavy atom. The zero-order valence-corrected chi connectivity index (χ0v) is 25.1. The van der Waals surface area contributed by atoms with E-state index in [2.05, 4.69) is 25.6 Å². The third-order valence-corrected chi connectivity index (χ3v) is 8.75. The van der Waals surface area contributed by atoms with E-state index in [-0.39, 0.29) is 23.4 Å². The molecule has 0 radical (unpaired) electrons. The lowest BCUT2D eigenvalue weighted by molar-refractivity contribution is 0.0954. The highest BCUT2D eigenvalue weighted by atomic mass is 35.6. The number of nitrogens with one attached hydrogen (secondary N) is 2. The SMILES string of the molecule is CO[Si](CCCNCCNC(=O)c1ccc(-c2nc(C(Cl)(Cl)Cl)nc(C(Cl)(Cl)Cl)n2)cc1)(OC)OC. The third kappa shape index (κ3) is 9.35. The van der Waals surface area contributed by atoms with Gasteiger partial charge in [0.15, 0.2) is 17.5 Å². The smallest absolute Gasteiger partial charge is 0.377 e. The summed E-state index contributed by atoms with van der Waals surface area (Å²) in [6, 6.07) is 7.16. The molecule has 0 unspecified atom stereocenters. The number of nitrogens with zero attached hydrogens (tertiary/aromatic N) is 3. The van der Waals surface area contributed by atoms with E-state index in [1.165, 1.54) is 0 Å². The van der Waals surface area contributed by atoms with Gasteiger partial charge in [-0.1, -0.05) is 81.7 Å². The van der Waals surface area contributed by atoms with Gasteiger partial charge in [-0.2, -0.15) is 0 Å². The van der Waals surface area contributed by atoms with Crippen molar-refractivity contribution < 1.29 is 18.1 Å². The fraction of sp³-hybridized carbons (Fsp3) is 0.500. The van der Waals surface area contributed by atoms with Gasteiger partial charge in [0, 0.05) is 51.6 Å². The quantitative estimate of drug-likeness (QED) is 0.194. The van der Waals surface area contributed by atoms with Crippen LogP contribution < -0.4 is 10.6 Å². The van der Waals surface area contributed by atoms with Crippen LogP contribution in [0.25, 0.3) is 11.4 Å². The maximum Gasteiger partial charge on any atom is 0.500 e. The summed E-state index contributed by atoms with van der Waals surface area (Å²) in [6.45, 7) is 1.76. The molecule has 2 rings (SSSR count). The maximum atomic E-state index is 12.5. The molecule has 0 atom stereocenters. The molecule has 0 fully saturated rings. The first-order valence-electron chi connectivity index (χ1n) is 10.5. The van der Waals surface area contributed by atoms with Crippen molar-refractivity contribution in [2.24, 2.45) is 0 Å². The molecule has 36 heavy (non-hydrogen) atoms. The van der Waals surface area contributed by atoms with E-state index in [1.807, 2.05) is 0 Å². The fourth-order valence-corrected chi connectivity index (χ4v) is 5.24. The first-order chi connectivity index (χ1) is 16.8. The summed E-state index contributed by atoms with van der Waals surface area (Å²) in [5, 5.41) is 6.10. The Kier molecular flexibility index (Phi) is 12.4. The van der Waals surface area contributed by atoms with Crippen molar-refractivity contribution in [3.8, 4) is 11.4 Å². The van der Waals surface area contributed by atoms with Gasteiger partial charge in [-0.15, -0.1) is 0 Å². The van der Waals surface area contributed by atoms with Gasteiger partial charge in [0.2, 0.25) is 7.59 Å². The highest BCUT2D eigenvalue weighted by Crippen LogP contribution is 2.40. The first kappa shape index (κ1) is 31.7. The molecule has 0 aliphatic rings. The van der Waals surface area contributed by atoms with Gasteiger partial charge in [0.25, 0.3) is 5.91 Å². The van der Waals surface area contributed by atoms with E-state index >= 15 is 0 Å². The van der Waals surface area contributed by atoms with E-state index in [9.17, 15) is 4.79 Å². The number of halogens is 6. The van der Waals surface area contributed by atoms with Crippen LogP contribution in [0.5, 0.6) is 0 Å². The van der Waals surface area contributed by atoms with Gasteiger partial charge in [0.1, 0.15) is 0 Å². The van der Waals surface area contributed by atoms with Gasteiger partial charge in [0.05, 0.1) is 0 Å². The van der Waals surface area contributed by atoms with Gasteiger partial charge >= 0.3 is 8.80 Å². The summed E-state index contributed by atoms with van der Waals surface area (Å²) >= 11 is 35.5. The van der Waals surface area contributed by atoms with Crippen molar-refractivity contribution in [3.05, 3.63) is 41.5 Å². The molecule has 2 N–H and O–H groups in total. The van der Waals surface area contributed by atoms with E-state index in [0.717, 1.165) is 13.0 Å². The lowest BCUT2D eigenvalue weighted by atomic mass is 10.1. The predicted molar refractivity (Wildman–Crippen MR) is 145 cm³/mol. The van der Waals surface area contributed by atoms with Gasteiger partial charge in [-0.25, -0.2) is 15.0 Å². The second-order valence-electron chi connectivity index (χ2n) is 7.28. The maximum absolute atomic E-state index is 12.5. The van der Waals surface area contributed by atoms with Crippen molar-refractivity contribution in [3.63, 3.8) is 0 Å². The second kappa shape index (κ2) is 14.0. The van der Waals surface area contributed by atoms with Crippen LogP contribution in [0, 0.1) is 0 Å². The molecule has 0 bridgehead atoms. The molecule has 2 aromatic rings. The number of rotatable bonds is 12. The van der Waals surface area contributed by atoms with Crippen molar-refractivity contribution in [2.75, 3.05) is 41.0 Å². The zero-order valence-electron chi connectivity index (χ0n) is 19.6. The van der Waals surface area contributed by atoms with Crippen LogP contribution in [0.1, 0.15) is 28.4 Å². The predicted octanol–water partition coefficient (Wildman–Crippen LogP) is 4.78. The highest BCUT2D eigenvalue weighted by Gasteiger charge is 2.37. The average molecular weight is 640 g/mol. The van der Waals surface area contributed by atoms with Crippen molar-refractivity contribution in [2.45, 2.75) is 20.0 Å². The number of hydrogen-bond acceptors (Lipinski definition) is 8. The summed E-state index contributed by atoms with van der Waals surface area (Å²) in [4.78, 5) is 24.7. The Hall–Kier alpha value is -0.503. The summed E-state index contributed by atoms with van der Waals surface area (Å²) in [7, 11) is 2.19. The second-order valence-corrected chi connectivity index (χ2v) is 14.9.